The van der Waals surface area contributed by atoms with Crippen molar-refractivity contribution in [2.45, 2.75) is 32.8 Å². The largest absolute Gasteiger partial charge is 0.481 e. The van der Waals surface area contributed by atoms with Gasteiger partial charge in [0.2, 0.25) is 0 Å². The zero-order valence-electron chi connectivity index (χ0n) is 8.28. The highest BCUT2D eigenvalue weighted by Gasteiger charge is 2.13. The van der Waals surface area contributed by atoms with Gasteiger partial charge in [-0.05, 0) is 31.9 Å². The van der Waals surface area contributed by atoms with Crippen LogP contribution in [0.5, 0.6) is 0 Å². The number of hydrogen-bond donors (Lipinski definition) is 2. The quantitative estimate of drug-likeness (QED) is 0.808. The van der Waals surface area contributed by atoms with Crippen molar-refractivity contribution in [2.75, 3.05) is 0 Å². The molecule has 2 N–H and O–H groups in total. The zero-order valence-corrected chi connectivity index (χ0v) is 9.10. The molecule has 14 heavy (non-hydrogen) atoms. The molecule has 0 saturated carbocycles. The van der Waals surface area contributed by atoms with Gasteiger partial charge < -0.3 is 10.2 Å². The molecule has 1 heterocycles. The fourth-order valence-electron chi connectivity index (χ4n) is 1.40. The lowest BCUT2D eigenvalue weighted by Gasteiger charge is -2.07. The van der Waals surface area contributed by atoms with E-state index in [0.717, 1.165) is 15.3 Å². The summed E-state index contributed by atoms with van der Waals surface area (Å²) in [4.78, 5) is 12.5. The molecule has 0 fully saturated rings. The average molecular weight is 214 g/mol. The molecule has 0 saturated heterocycles. The van der Waals surface area contributed by atoms with E-state index in [1.165, 1.54) is 0 Å². The number of aryl methyl sites for hydroxylation is 2. The Balaban J connectivity index is 2.64. The summed E-state index contributed by atoms with van der Waals surface area (Å²) in [5.74, 6) is -0.867. The van der Waals surface area contributed by atoms with E-state index in [9.17, 15) is 9.90 Å². The molecule has 4 heteroatoms. The lowest BCUT2D eigenvalue weighted by Crippen LogP contribution is -2.02. The highest BCUT2D eigenvalue weighted by Crippen LogP contribution is 2.28. The van der Waals surface area contributed by atoms with Crippen molar-refractivity contribution in [3.05, 3.63) is 21.4 Å². The normalized spacial score (nSPS) is 12.8. The molecule has 0 bridgehead atoms. The van der Waals surface area contributed by atoms with Crippen molar-refractivity contribution in [3.8, 4) is 0 Å². The fourth-order valence-corrected chi connectivity index (χ4v) is 2.38. The van der Waals surface area contributed by atoms with E-state index >= 15 is 0 Å². The standard InChI is InChI=1S/C10H14O3S/c1-6-5-8(7(2)14-6)9(11)3-4-10(12)13/h5,9,11H,3-4H2,1-2H3,(H,12,13). The summed E-state index contributed by atoms with van der Waals surface area (Å²) in [5.41, 5.74) is 0.869. The molecular formula is C10H14O3S. The first-order valence-electron chi connectivity index (χ1n) is 4.47. The molecule has 0 amide bonds. The van der Waals surface area contributed by atoms with Crippen molar-refractivity contribution in [3.63, 3.8) is 0 Å². The first kappa shape index (κ1) is 11.2. The van der Waals surface area contributed by atoms with E-state index < -0.39 is 12.1 Å². The van der Waals surface area contributed by atoms with E-state index in [2.05, 4.69) is 0 Å². The van der Waals surface area contributed by atoms with Gasteiger partial charge in [-0.15, -0.1) is 11.3 Å². The number of thiophene rings is 1. The van der Waals surface area contributed by atoms with Crippen LogP contribution in [0.25, 0.3) is 0 Å². The molecule has 1 atom stereocenters. The van der Waals surface area contributed by atoms with Gasteiger partial charge in [0.05, 0.1) is 6.10 Å². The molecule has 0 aliphatic heterocycles. The Morgan fingerprint density at radius 1 is 1.57 bits per heavy atom. The highest BCUT2D eigenvalue weighted by molar-refractivity contribution is 7.12. The van der Waals surface area contributed by atoms with Crippen LogP contribution in [0.1, 0.15) is 34.3 Å². The summed E-state index contributed by atoms with van der Waals surface area (Å²) in [6.07, 6.45) is -0.349. The minimum atomic E-state index is -0.867. The molecule has 0 aromatic carbocycles. The highest BCUT2D eigenvalue weighted by atomic mass is 32.1. The van der Waals surface area contributed by atoms with Gasteiger partial charge in [0.1, 0.15) is 0 Å². The zero-order chi connectivity index (χ0) is 10.7. The van der Waals surface area contributed by atoms with E-state index in [-0.39, 0.29) is 12.8 Å². The molecule has 0 aliphatic rings. The van der Waals surface area contributed by atoms with Gasteiger partial charge in [-0.1, -0.05) is 0 Å². The number of carboxylic acids is 1. The second kappa shape index (κ2) is 4.57. The van der Waals surface area contributed by atoms with Gasteiger partial charge in [0.15, 0.2) is 0 Å². The smallest absolute Gasteiger partial charge is 0.303 e. The van der Waals surface area contributed by atoms with Crippen LogP contribution in [0.4, 0.5) is 0 Å². The number of hydrogen-bond acceptors (Lipinski definition) is 3. The lowest BCUT2D eigenvalue weighted by atomic mass is 10.1. The monoisotopic (exact) mass is 214 g/mol. The molecule has 1 aromatic rings. The predicted octanol–water partition coefficient (Wildman–Crippen LogP) is 2.26. The van der Waals surface area contributed by atoms with Crippen molar-refractivity contribution < 1.29 is 15.0 Å². The third-order valence-electron chi connectivity index (χ3n) is 2.07. The number of carbonyl (C=O) groups is 1. The Labute approximate surface area is 87.0 Å². The molecule has 78 valence electrons. The maximum atomic E-state index is 10.3. The molecule has 1 unspecified atom stereocenters. The summed E-state index contributed by atoms with van der Waals surface area (Å²) in [6.45, 7) is 3.92. The van der Waals surface area contributed by atoms with E-state index in [4.69, 9.17) is 5.11 Å². The summed E-state index contributed by atoms with van der Waals surface area (Å²) < 4.78 is 0. The van der Waals surface area contributed by atoms with Crippen LogP contribution >= 0.6 is 11.3 Å². The number of aliphatic hydroxyl groups excluding tert-OH is 1. The van der Waals surface area contributed by atoms with Gasteiger partial charge in [0.25, 0.3) is 0 Å². The van der Waals surface area contributed by atoms with Gasteiger partial charge in [-0.3, -0.25) is 4.79 Å². The van der Waals surface area contributed by atoms with Crippen LogP contribution in [-0.2, 0) is 4.79 Å². The molecule has 1 rings (SSSR count). The summed E-state index contributed by atoms with van der Waals surface area (Å²) >= 11 is 1.62. The van der Waals surface area contributed by atoms with Gasteiger partial charge in [-0.2, -0.15) is 0 Å². The molecule has 0 radical (unpaired) electrons. The van der Waals surface area contributed by atoms with Crippen LogP contribution in [-0.4, -0.2) is 16.2 Å². The Bertz CT molecular complexity index is 330. The van der Waals surface area contributed by atoms with Crippen LogP contribution in [0, 0.1) is 13.8 Å². The van der Waals surface area contributed by atoms with E-state index in [1.807, 2.05) is 19.9 Å². The van der Waals surface area contributed by atoms with Gasteiger partial charge in [0, 0.05) is 16.2 Å². The van der Waals surface area contributed by atoms with Crippen molar-refractivity contribution in [2.24, 2.45) is 0 Å². The predicted molar refractivity (Wildman–Crippen MR) is 55.6 cm³/mol. The Kier molecular flexibility index (Phi) is 3.66. The third kappa shape index (κ3) is 2.82. The maximum Gasteiger partial charge on any atom is 0.303 e. The van der Waals surface area contributed by atoms with Gasteiger partial charge >= 0.3 is 5.97 Å². The first-order valence-corrected chi connectivity index (χ1v) is 5.29. The van der Waals surface area contributed by atoms with Crippen LogP contribution in [0.2, 0.25) is 0 Å². The van der Waals surface area contributed by atoms with Crippen molar-refractivity contribution in [1.29, 1.82) is 0 Å². The van der Waals surface area contributed by atoms with Crippen LogP contribution in [0.15, 0.2) is 6.07 Å². The molecular weight excluding hydrogens is 200 g/mol. The number of aliphatic hydroxyl groups is 1. The van der Waals surface area contributed by atoms with E-state index in [0.29, 0.717) is 0 Å². The molecule has 3 nitrogen and oxygen atoms in total. The summed E-state index contributed by atoms with van der Waals surface area (Å²) in [5, 5.41) is 18.2. The second-order valence-corrected chi connectivity index (χ2v) is 4.78. The minimum absolute atomic E-state index is 0.00943. The van der Waals surface area contributed by atoms with Gasteiger partial charge in [-0.25, -0.2) is 0 Å². The fraction of sp³-hybridized carbons (Fsp3) is 0.500. The molecule has 1 aromatic heterocycles. The Hall–Kier alpha value is -0.870. The average Bonchev–Trinajstić information content (AvgIpc) is 2.41. The summed E-state index contributed by atoms with van der Waals surface area (Å²) in [6, 6.07) is 1.92. The number of aliphatic carboxylic acids is 1. The first-order chi connectivity index (χ1) is 6.50. The van der Waals surface area contributed by atoms with Crippen LogP contribution in [0.3, 0.4) is 0 Å². The molecule has 0 aliphatic carbocycles. The minimum Gasteiger partial charge on any atom is -0.481 e. The van der Waals surface area contributed by atoms with Crippen LogP contribution < -0.4 is 0 Å². The van der Waals surface area contributed by atoms with Crippen molar-refractivity contribution >= 4 is 17.3 Å². The maximum absolute atomic E-state index is 10.3. The Morgan fingerprint density at radius 3 is 2.64 bits per heavy atom. The third-order valence-corrected chi connectivity index (χ3v) is 3.05. The Morgan fingerprint density at radius 2 is 2.21 bits per heavy atom. The topological polar surface area (TPSA) is 57.5 Å². The number of carboxylic acid groups (broad SMARTS) is 1. The lowest BCUT2D eigenvalue weighted by molar-refractivity contribution is -0.137. The molecule has 0 spiro atoms. The van der Waals surface area contributed by atoms with Crippen molar-refractivity contribution in [1.82, 2.24) is 0 Å². The second-order valence-electron chi connectivity index (χ2n) is 3.32. The SMILES string of the molecule is Cc1cc(C(O)CCC(=O)O)c(C)s1. The number of rotatable bonds is 4. The van der Waals surface area contributed by atoms with E-state index in [1.54, 1.807) is 11.3 Å². The summed E-state index contributed by atoms with van der Waals surface area (Å²) in [7, 11) is 0.